The largest absolute Gasteiger partial charge is 0.497 e. The van der Waals surface area contributed by atoms with Crippen LogP contribution in [0.3, 0.4) is 0 Å². The monoisotopic (exact) mass is 426 g/mol. The van der Waals surface area contributed by atoms with Crippen molar-refractivity contribution in [3.63, 3.8) is 0 Å². The van der Waals surface area contributed by atoms with E-state index in [9.17, 15) is 9.59 Å². The first-order valence-electron chi connectivity index (χ1n) is 9.89. The van der Waals surface area contributed by atoms with Gasteiger partial charge in [0.2, 0.25) is 5.91 Å². The van der Waals surface area contributed by atoms with Crippen LogP contribution in [0.15, 0.2) is 48.5 Å². The van der Waals surface area contributed by atoms with E-state index in [1.807, 2.05) is 29.2 Å². The summed E-state index contributed by atoms with van der Waals surface area (Å²) < 4.78 is 5.15. The van der Waals surface area contributed by atoms with Crippen molar-refractivity contribution in [1.82, 2.24) is 10.2 Å². The SMILES string of the molecule is CCC(=O)NC(=S)Nc1ccc(N2CCN(C(=O)c3ccc(OC)cc3)CC2)cc1. The van der Waals surface area contributed by atoms with Gasteiger partial charge in [-0.2, -0.15) is 0 Å². The van der Waals surface area contributed by atoms with E-state index in [2.05, 4.69) is 15.5 Å². The van der Waals surface area contributed by atoms with Gasteiger partial charge in [-0.25, -0.2) is 0 Å². The fraction of sp³-hybridized carbons (Fsp3) is 0.318. The van der Waals surface area contributed by atoms with E-state index in [-0.39, 0.29) is 11.8 Å². The van der Waals surface area contributed by atoms with Crippen LogP contribution in [0.5, 0.6) is 5.75 Å². The first kappa shape index (κ1) is 21.6. The summed E-state index contributed by atoms with van der Waals surface area (Å²) >= 11 is 5.13. The molecule has 0 aromatic heterocycles. The lowest BCUT2D eigenvalue weighted by molar-refractivity contribution is -0.119. The summed E-state index contributed by atoms with van der Waals surface area (Å²) in [5, 5.41) is 5.91. The highest BCUT2D eigenvalue weighted by Crippen LogP contribution is 2.21. The smallest absolute Gasteiger partial charge is 0.253 e. The molecular weight excluding hydrogens is 400 g/mol. The molecule has 158 valence electrons. The Morgan fingerprint density at radius 2 is 1.63 bits per heavy atom. The van der Waals surface area contributed by atoms with Crippen LogP contribution in [0.25, 0.3) is 0 Å². The molecule has 0 unspecified atom stereocenters. The second kappa shape index (κ2) is 10.1. The van der Waals surface area contributed by atoms with Crippen LogP contribution < -0.4 is 20.3 Å². The molecule has 2 N–H and O–H groups in total. The number of hydrogen-bond donors (Lipinski definition) is 2. The maximum atomic E-state index is 12.7. The van der Waals surface area contributed by atoms with E-state index >= 15 is 0 Å². The third-order valence-electron chi connectivity index (χ3n) is 4.97. The van der Waals surface area contributed by atoms with Gasteiger partial charge in [0.15, 0.2) is 5.11 Å². The standard InChI is InChI=1S/C22H26N4O3S/c1-3-20(27)24-22(30)23-17-6-8-18(9-7-17)25-12-14-26(15-13-25)21(28)16-4-10-19(29-2)11-5-16/h4-11H,3,12-15H2,1-2H3,(H2,23,24,27,30). The molecule has 2 amide bonds. The number of ether oxygens (including phenoxy) is 1. The number of benzene rings is 2. The third kappa shape index (κ3) is 5.48. The highest BCUT2D eigenvalue weighted by molar-refractivity contribution is 7.80. The van der Waals surface area contributed by atoms with Gasteiger partial charge in [0.1, 0.15) is 5.75 Å². The highest BCUT2D eigenvalue weighted by Gasteiger charge is 2.22. The quantitative estimate of drug-likeness (QED) is 0.717. The molecular formula is C22H26N4O3S. The Morgan fingerprint density at radius 3 is 2.20 bits per heavy atom. The Hall–Kier alpha value is -3.13. The first-order valence-corrected chi connectivity index (χ1v) is 10.3. The fourth-order valence-electron chi connectivity index (χ4n) is 3.22. The summed E-state index contributed by atoms with van der Waals surface area (Å²) in [7, 11) is 1.61. The van der Waals surface area contributed by atoms with Gasteiger partial charge in [0.05, 0.1) is 7.11 Å². The van der Waals surface area contributed by atoms with Gasteiger partial charge in [-0.15, -0.1) is 0 Å². The summed E-state index contributed by atoms with van der Waals surface area (Å²) in [4.78, 5) is 28.2. The van der Waals surface area contributed by atoms with Crippen molar-refractivity contribution < 1.29 is 14.3 Å². The van der Waals surface area contributed by atoms with Crippen LogP contribution in [0.4, 0.5) is 11.4 Å². The molecule has 1 fully saturated rings. The van der Waals surface area contributed by atoms with E-state index < -0.39 is 0 Å². The molecule has 0 bridgehead atoms. The van der Waals surface area contributed by atoms with E-state index in [0.717, 1.165) is 30.2 Å². The number of carbonyl (C=O) groups excluding carboxylic acids is 2. The molecule has 1 aliphatic heterocycles. The maximum Gasteiger partial charge on any atom is 0.253 e. The number of anilines is 2. The number of thiocarbonyl (C=S) groups is 1. The molecule has 2 aromatic rings. The number of rotatable bonds is 5. The number of amides is 2. The predicted octanol–water partition coefficient (Wildman–Crippen LogP) is 2.88. The number of piperazine rings is 1. The molecule has 30 heavy (non-hydrogen) atoms. The maximum absolute atomic E-state index is 12.7. The number of methoxy groups -OCH3 is 1. The normalized spacial score (nSPS) is 13.5. The Labute approximate surface area is 182 Å². The molecule has 2 aromatic carbocycles. The van der Waals surface area contributed by atoms with E-state index in [1.54, 1.807) is 38.3 Å². The number of nitrogens with one attached hydrogen (secondary N) is 2. The van der Waals surface area contributed by atoms with Crippen LogP contribution in [-0.2, 0) is 4.79 Å². The zero-order valence-electron chi connectivity index (χ0n) is 17.2. The summed E-state index contributed by atoms with van der Waals surface area (Å²) in [6.07, 6.45) is 0.383. The van der Waals surface area contributed by atoms with E-state index in [1.165, 1.54) is 0 Å². The lowest BCUT2D eigenvalue weighted by atomic mass is 10.1. The van der Waals surface area contributed by atoms with Gasteiger partial charge in [0.25, 0.3) is 5.91 Å². The Balaban J connectivity index is 1.52. The van der Waals surface area contributed by atoms with Crippen LogP contribution in [0, 0.1) is 0 Å². The van der Waals surface area contributed by atoms with Crippen LogP contribution in [0.1, 0.15) is 23.7 Å². The van der Waals surface area contributed by atoms with Gasteiger partial charge >= 0.3 is 0 Å². The third-order valence-corrected chi connectivity index (χ3v) is 5.17. The minimum Gasteiger partial charge on any atom is -0.497 e. The minimum absolute atomic E-state index is 0.0412. The molecule has 0 radical (unpaired) electrons. The van der Waals surface area contributed by atoms with Gasteiger partial charge < -0.3 is 25.2 Å². The molecule has 1 saturated heterocycles. The molecule has 8 heteroatoms. The van der Waals surface area contributed by atoms with Crippen LogP contribution in [-0.4, -0.2) is 55.1 Å². The Kier molecular flexibility index (Phi) is 7.24. The highest BCUT2D eigenvalue weighted by atomic mass is 32.1. The second-order valence-electron chi connectivity index (χ2n) is 6.91. The number of carbonyl (C=O) groups is 2. The van der Waals surface area contributed by atoms with Gasteiger partial charge in [0, 0.05) is 49.5 Å². The first-order chi connectivity index (χ1) is 14.5. The number of hydrogen-bond acceptors (Lipinski definition) is 5. The summed E-state index contributed by atoms with van der Waals surface area (Å²) in [5.74, 6) is 0.661. The second-order valence-corrected chi connectivity index (χ2v) is 7.32. The van der Waals surface area contributed by atoms with Crippen molar-refractivity contribution in [2.45, 2.75) is 13.3 Å². The summed E-state index contributed by atoms with van der Waals surface area (Å²) in [6.45, 7) is 4.63. The van der Waals surface area contributed by atoms with E-state index in [0.29, 0.717) is 30.2 Å². The van der Waals surface area contributed by atoms with Gasteiger partial charge in [-0.05, 0) is 60.7 Å². The lowest BCUT2D eigenvalue weighted by Crippen LogP contribution is -2.48. The van der Waals surface area contributed by atoms with E-state index in [4.69, 9.17) is 17.0 Å². The molecule has 0 spiro atoms. The van der Waals surface area contributed by atoms with Crippen LogP contribution in [0.2, 0.25) is 0 Å². The van der Waals surface area contributed by atoms with Crippen molar-refractivity contribution >= 4 is 40.5 Å². The van der Waals surface area contributed by atoms with Gasteiger partial charge in [-0.3, -0.25) is 9.59 Å². The summed E-state index contributed by atoms with van der Waals surface area (Å²) in [6, 6.07) is 15.1. The molecule has 0 saturated carbocycles. The molecule has 0 aliphatic carbocycles. The number of nitrogens with zero attached hydrogens (tertiary/aromatic N) is 2. The Bertz CT molecular complexity index is 892. The molecule has 0 atom stereocenters. The molecule has 7 nitrogen and oxygen atoms in total. The molecule has 1 heterocycles. The zero-order chi connectivity index (χ0) is 21.5. The van der Waals surface area contributed by atoms with Crippen molar-refractivity contribution in [3.8, 4) is 5.75 Å². The molecule has 1 aliphatic rings. The Morgan fingerprint density at radius 1 is 1.00 bits per heavy atom. The summed E-state index contributed by atoms with van der Waals surface area (Å²) in [5.41, 5.74) is 2.57. The lowest BCUT2D eigenvalue weighted by Gasteiger charge is -2.36. The molecule has 3 rings (SSSR count). The topological polar surface area (TPSA) is 73.9 Å². The van der Waals surface area contributed by atoms with Gasteiger partial charge in [-0.1, -0.05) is 6.92 Å². The van der Waals surface area contributed by atoms with Crippen LogP contribution >= 0.6 is 12.2 Å². The zero-order valence-corrected chi connectivity index (χ0v) is 18.0. The average Bonchev–Trinajstić information content (AvgIpc) is 2.79. The van der Waals surface area contributed by atoms with Crippen molar-refractivity contribution in [2.75, 3.05) is 43.5 Å². The van der Waals surface area contributed by atoms with Crippen molar-refractivity contribution in [1.29, 1.82) is 0 Å². The van der Waals surface area contributed by atoms with Crippen molar-refractivity contribution in [3.05, 3.63) is 54.1 Å². The minimum atomic E-state index is -0.119. The fourth-order valence-corrected chi connectivity index (χ4v) is 3.45. The average molecular weight is 427 g/mol. The predicted molar refractivity (Wildman–Crippen MR) is 122 cm³/mol. The van der Waals surface area contributed by atoms with Crippen molar-refractivity contribution in [2.24, 2.45) is 0 Å².